The Balaban J connectivity index is 1.79. The molecule has 0 atom stereocenters. The molecule has 1 fully saturated rings. The first-order valence-corrected chi connectivity index (χ1v) is 6.35. The second-order valence-corrected chi connectivity index (χ2v) is 5.09. The first kappa shape index (κ1) is 12.4. The second-order valence-electron chi connectivity index (χ2n) is 5.09. The maximum Gasteiger partial charge on any atom is 0.0483 e. The molecule has 0 amide bonds. The Kier molecular flexibility index (Phi) is 4.02. The fourth-order valence-corrected chi connectivity index (χ4v) is 2.26. The van der Waals surface area contributed by atoms with Gasteiger partial charge in [-0.3, -0.25) is 0 Å². The molecule has 0 spiro atoms. The summed E-state index contributed by atoms with van der Waals surface area (Å²) >= 11 is 0. The monoisotopic (exact) mass is 234 g/mol. The van der Waals surface area contributed by atoms with E-state index in [-0.39, 0.29) is 5.54 Å². The van der Waals surface area contributed by atoms with E-state index in [0.717, 1.165) is 44.7 Å². The minimum absolute atomic E-state index is 0.249. The van der Waals surface area contributed by atoms with Crippen molar-refractivity contribution in [2.45, 2.75) is 31.7 Å². The van der Waals surface area contributed by atoms with Crippen molar-refractivity contribution in [3.8, 4) is 0 Å². The van der Waals surface area contributed by atoms with Crippen molar-refractivity contribution in [1.29, 1.82) is 0 Å². The summed E-state index contributed by atoms with van der Waals surface area (Å²) in [7, 11) is 0. The summed E-state index contributed by atoms with van der Waals surface area (Å²) in [5, 5.41) is 3.65. The van der Waals surface area contributed by atoms with Crippen molar-refractivity contribution < 1.29 is 4.74 Å². The van der Waals surface area contributed by atoms with E-state index in [1.54, 1.807) is 0 Å². The van der Waals surface area contributed by atoms with Gasteiger partial charge in [-0.2, -0.15) is 0 Å². The summed E-state index contributed by atoms with van der Waals surface area (Å²) in [5.41, 5.74) is 8.16. The zero-order valence-corrected chi connectivity index (χ0v) is 10.5. The van der Waals surface area contributed by atoms with Crippen LogP contribution in [0.3, 0.4) is 0 Å². The van der Waals surface area contributed by atoms with Crippen molar-refractivity contribution in [3.63, 3.8) is 0 Å². The standard InChI is InChI=1S/C14H22N2O/c1-14(6-9-17-10-7-14)16-8-5-12-3-2-4-13(15)11-12/h2-4,11,16H,5-10,15H2,1H3. The second kappa shape index (κ2) is 5.52. The van der Waals surface area contributed by atoms with Crippen LogP contribution in [0.4, 0.5) is 5.69 Å². The lowest BCUT2D eigenvalue weighted by atomic mass is 9.92. The molecule has 1 heterocycles. The van der Waals surface area contributed by atoms with Gasteiger partial charge < -0.3 is 15.8 Å². The molecule has 1 aromatic carbocycles. The van der Waals surface area contributed by atoms with E-state index < -0.39 is 0 Å². The summed E-state index contributed by atoms with van der Waals surface area (Å²) in [6, 6.07) is 8.12. The molecular formula is C14H22N2O. The lowest BCUT2D eigenvalue weighted by Crippen LogP contribution is -2.47. The summed E-state index contributed by atoms with van der Waals surface area (Å²) in [6.45, 7) is 5.04. The van der Waals surface area contributed by atoms with Crippen LogP contribution in [0, 0.1) is 0 Å². The van der Waals surface area contributed by atoms with Crippen LogP contribution in [0.2, 0.25) is 0 Å². The first-order chi connectivity index (χ1) is 8.18. The van der Waals surface area contributed by atoms with Gasteiger partial charge in [0.15, 0.2) is 0 Å². The number of nitrogens with two attached hydrogens (primary N) is 1. The maximum atomic E-state index is 5.76. The zero-order valence-electron chi connectivity index (χ0n) is 10.5. The number of benzene rings is 1. The molecule has 1 aromatic rings. The van der Waals surface area contributed by atoms with Gasteiger partial charge in [-0.05, 0) is 50.4 Å². The maximum absolute atomic E-state index is 5.76. The highest BCUT2D eigenvalue weighted by Gasteiger charge is 2.25. The van der Waals surface area contributed by atoms with E-state index in [1.807, 2.05) is 18.2 Å². The largest absolute Gasteiger partial charge is 0.399 e. The molecular weight excluding hydrogens is 212 g/mol. The minimum atomic E-state index is 0.249. The molecule has 1 aliphatic rings. The predicted molar refractivity (Wildman–Crippen MR) is 71.0 cm³/mol. The molecule has 1 aliphatic heterocycles. The van der Waals surface area contributed by atoms with Gasteiger partial charge in [0.05, 0.1) is 0 Å². The number of ether oxygens (including phenoxy) is 1. The van der Waals surface area contributed by atoms with E-state index in [0.29, 0.717) is 0 Å². The Morgan fingerprint density at radius 2 is 2.12 bits per heavy atom. The fraction of sp³-hybridized carbons (Fsp3) is 0.571. The molecule has 17 heavy (non-hydrogen) atoms. The van der Waals surface area contributed by atoms with Gasteiger partial charge >= 0.3 is 0 Å². The van der Waals surface area contributed by atoms with Gasteiger partial charge in [0.25, 0.3) is 0 Å². The summed E-state index contributed by atoms with van der Waals surface area (Å²) in [4.78, 5) is 0. The molecule has 0 aliphatic carbocycles. The van der Waals surface area contributed by atoms with Crippen LogP contribution in [0.15, 0.2) is 24.3 Å². The Morgan fingerprint density at radius 3 is 2.82 bits per heavy atom. The molecule has 3 heteroatoms. The molecule has 0 saturated carbocycles. The molecule has 2 rings (SSSR count). The van der Waals surface area contributed by atoms with Gasteiger partial charge in [0.1, 0.15) is 0 Å². The van der Waals surface area contributed by atoms with Gasteiger partial charge in [-0.25, -0.2) is 0 Å². The molecule has 0 aromatic heterocycles. The van der Waals surface area contributed by atoms with Crippen LogP contribution in [0.1, 0.15) is 25.3 Å². The fourth-order valence-electron chi connectivity index (χ4n) is 2.26. The summed E-state index contributed by atoms with van der Waals surface area (Å²) in [6.07, 6.45) is 3.23. The molecule has 3 nitrogen and oxygen atoms in total. The first-order valence-electron chi connectivity index (χ1n) is 6.35. The number of rotatable bonds is 4. The van der Waals surface area contributed by atoms with Gasteiger partial charge in [-0.1, -0.05) is 12.1 Å². The van der Waals surface area contributed by atoms with E-state index in [1.165, 1.54) is 5.56 Å². The van der Waals surface area contributed by atoms with Crippen molar-refractivity contribution in [2.24, 2.45) is 0 Å². The third-order valence-electron chi connectivity index (χ3n) is 3.51. The molecule has 0 radical (unpaired) electrons. The smallest absolute Gasteiger partial charge is 0.0483 e. The summed E-state index contributed by atoms with van der Waals surface area (Å²) < 4.78 is 5.39. The van der Waals surface area contributed by atoms with Gasteiger partial charge in [0, 0.05) is 24.4 Å². The molecule has 94 valence electrons. The van der Waals surface area contributed by atoms with Crippen LogP contribution in [0.5, 0.6) is 0 Å². The summed E-state index contributed by atoms with van der Waals surface area (Å²) in [5.74, 6) is 0. The third kappa shape index (κ3) is 3.72. The Morgan fingerprint density at radius 1 is 1.35 bits per heavy atom. The number of nitrogen functional groups attached to an aromatic ring is 1. The number of nitrogens with one attached hydrogen (secondary N) is 1. The predicted octanol–water partition coefficient (Wildman–Crippen LogP) is 1.97. The SMILES string of the molecule is CC1(NCCc2cccc(N)c2)CCOCC1. The quantitative estimate of drug-likeness (QED) is 0.783. The van der Waals surface area contributed by atoms with Crippen molar-refractivity contribution >= 4 is 5.69 Å². The van der Waals surface area contributed by atoms with E-state index in [9.17, 15) is 0 Å². The normalized spacial score (nSPS) is 19.1. The molecule has 1 saturated heterocycles. The average Bonchev–Trinajstić information content (AvgIpc) is 2.30. The van der Waals surface area contributed by atoms with Crippen LogP contribution < -0.4 is 11.1 Å². The number of anilines is 1. The third-order valence-corrected chi connectivity index (χ3v) is 3.51. The van der Waals surface area contributed by atoms with Crippen LogP contribution in [-0.4, -0.2) is 25.3 Å². The Hall–Kier alpha value is -1.06. The topological polar surface area (TPSA) is 47.3 Å². The van der Waals surface area contributed by atoms with Gasteiger partial charge in [-0.15, -0.1) is 0 Å². The van der Waals surface area contributed by atoms with Crippen molar-refractivity contribution in [2.75, 3.05) is 25.5 Å². The highest BCUT2D eigenvalue weighted by atomic mass is 16.5. The van der Waals surface area contributed by atoms with Crippen LogP contribution in [-0.2, 0) is 11.2 Å². The zero-order chi connectivity index (χ0) is 12.1. The van der Waals surface area contributed by atoms with E-state index in [2.05, 4.69) is 18.3 Å². The lowest BCUT2D eigenvalue weighted by Gasteiger charge is -2.34. The number of hydrogen-bond acceptors (Lipinski definition) is 3. The van der Waals surface area contributed by atoms with E-state index in [4.69, 9.17) is 10.5 Å². The van der Waals surface area contributed by atoms with E-state index >= 15 is 0 Å². The highest BCUT2D eigenvalue weighted by molar-refractivity contribution is 5.40. The van der Waals surface area contributed by atoms with Crippen molar-refractivity contribution in [3.05, 3.63) is 29.8 Å². The van der Waals surface area contributed by atoms with Crippen LogP contribution >= 0.6 is 0 Å². The Labute approximate surface area is 103 Å². The Bertz CT molecular complexity index is 359. The molecule has 3 N–H and O–H groups in total. The van der Waals surface area contributed by atoms with Crippen LogP contribution in [0.25, 0.3) is 0 Å². The molecule has 0 bridgehead atoms. The lowest BCUT2D eigenvalue weighted by molar-refractivity contribution is 0.0456. The number of hydrogen-bond donors (Lipinski definition) is 2. The average molecular weight is 234 g/mol. The van der Waals surface area contributed by atoms with Gasteiger partial charge in [0.2, 0.25) is 0 Å². The van der Waals surface area contributed by atoms with Crippen molar-refractivity contribution in [1.82, 2.24) is 5.32 Å². The minimum Gasteiger partial charge on any atom is -0.399 e. The highest BCUT2D eigenvalue weighted by Crippen LogP contribution is 2.19. The molecule has 0 unspecified atom stereocenters.